The predicted molar refractivity (Wildman–Crippen MR) is 114 cm³/mol. The van der Waals surface area contributed by atoms with Gasteiger partial charge in [-0.2, -0.15) is 4.31 Å². The van der Waals surface area contributed by atoms with Crippen molar-refractivity contribution >= 4 is 15.7 Å². The summed E-state index contributed by atoms with van der Waals surface area (Å²) in [6.07, 6.45) is 2.42. The molecule has 30 heavy (non-hydrogen) atoms. The second-order valence-electron chi connectivity index (χ2n) is 7.75. The first kappa shape index (κ1) is 20.9. The van der Waals surface area contributed by atoms with Gasteiger partial charge in [-0.25, -0.2) is 12.8 Å². The lowest BCUT2D eigenvalue weighted by Gasteiger charge is -2.38. The lowest BCUT2D eigenvalue weighted by Crippen LogP contribution is -2.42. The number of nitrogens with zero attached hydrogens (tertiary/aromatic N) is 1. The lowest BCUT2D eigenvalue weighted by molar-refractivity contribution is 0.210. The molecule has 0 aromatic heterocycles. The maximum Gasteiger partial charge on any atom is 0.243 e. The summed E-state index contributed by atoms with van der Waals surface area (Å²) in [5.41, 5.74) is 2.53. The normalized spacial score (nSPS) is 23.1. The van der Waals surface area contributed by atoms with E-state index in [0.29, 0.717) is 13.0 Å². The summed E-state index contributed by atoms with van der Waals surface area (Å²) in [5, 5.41) is 13.3. The van der Waals surface area contributed by atoms with Gasteiger partial charge in [0.05, 0.1) is 23.6 Å². The molecule has 158 valence electrons. The maximum atomic E-state index is 13.4. The van der Waals surface area contributed by atoms with Crippen molar-refractivity contribution in [3.8, 4) is 11.8 Å². The van der Waals surface area contributed by atoms with Gasteiger partial charge in [0.15, 0.2) is 0 Å². The molecule has 2 aromatic carbocycles. The van der Waals surface area contributed by atoms with Crippen LogP contribution in [0.5, 0.6) is 0 Å². The van der Waals surface area contributed by atoms with E-state index < -0.39 is 21.9 Å². The van der Waals surface area contributed by atoms with Crippen molar-refractivity contribution in [2.75, 3.05) is 18.5 Å². The summed E-state index contributed by atoms with van der Waals surface area (Å²) in [6.45, 7) is 2.34. The lowest BCUT2D eigenvalue weighted by atomic mass is 9.83. The Morgan fingerprint density at radius 1 is 1.23 bits per heavy atom. The van der Waals surface area contributed by atoms with Gasteiger partial charge in [0.2, 0.25) is 10.0 Å². The Morgan fingerprint density at radius 3 is 2.70 bits per heavy atom. The zero-order chi connectivity index (χ0) is 21.3. The number of aliphatic hydroxyl groups is 1. The Labute approximate surface area is 177 Å². The molecule has 2 aliphatic rings. The zero-order valence-corrected chi connectivity index (χ0v) is 17.6. The first-order valence-corrected chi connectivity index (χ1v) is 11.7. The molecule has 5 nitrogen and oxygen atoms in total. The molecular weight excluding hydrogens is 403 g/mol. The van der Waals surface area contributed by atoms with Crippen LogP contribution in [-0.2, 0) is 10.0 Å². The highest BCUT2D eigenvalue weighted by molar-refractivity contribution is 7.89. The van der Waals surface area contributed by atoms with Gasteiger partial charge in [-0.1, -0.05) is 18.8 Å². The molecule has 7 heteroatoms. The smallest absolute Gasteiger partial charge is 0.243 e. The van der Waals surface area contributed by atoms with Gasteiger partial charge >= 0.3 is 0 Å². The molecule has 0 spiro atoms. The number of halogens is 1. The van der Waals surface area contributed by atoms with Crippen LogP contribution in [0.3, 0.4) is 0 Å². The van der Waals surface area contributed by atoms with Gasteiger partial charge in [0, 0.05) is 30.1 Å². The van der Waals surface area contributed by atoms with Crippen LogP contribution in [0.1, 0.15) is 43.4 Å². The van der Waals surface area contributed by atoms with E-state index in [-0.39, 0.29) is 23.5 Å². The fraction of sp³-hybridized carbons (Fsp3) is 0.391. The predicted octanol–water partition coefficient (Wildman–Crippen LogP) is 3.52. The van der Waals surface area contributed by atoms with Crippen LogP contribution in [0.2, 0.25) is 0 Å². The number of sulfonamides is 1. The van der Waals surface area contributed by atoms with E-state index in [4.69, 9.17) is 0 Å². The maximum absolute atomic E-state index is 13.4. The van der Waals surface area contributed by atoms with Crippen molar-refractivity contribution in [3.05, 3.63) is 59.4 Å². The quantitative estimate of drug-likeness (QED) is 0.732. The van der Waals surface area contributed by atoms with Gasteiger partial charge in [-0.15, -0.1) is 0 Å². The number of rotatable bonds is 4. The van der Waals surface area contributed by atoms with Crippen molar-refractivity contribution in [2.45, 2.75) is 43.2 Å². The molecule has 0 bridgehead atoms. The molecule has 1 fully saturated rings. The molecular formula is C23H25FN2O3S. The Morgan fingerprint density at radius 2 is 2.00 bits per heavy atom. The minimum atomic E-state index is -3.81. The van der Waals surface area contributed by atoms with Crippen LogP contribution in [-0.4, -0.2) is 37.0 Å². The molecule has 1 saturated heterocycles. The van der Waals surface area contributed by atoms with E-state index in [9.17, 15) is 17.9 Å². The molecule has 2 N–H and O–H groups in total. The number of hydrogen-bond acceptors (Lipinski definition) is 4. The molecule has 4 rings (SSSR count). The van der Waals surface area contributed by atoms with E-state index in [0.717, 1.165) is 41.8 Å². The van der Waals surface area contributed by atoms with Crippen molar-refractivity contribution in [2.24, 2.45) is 5.92 Å². The van der Waals surface area contributed by atoms with Crippen molar-refractivity contribution in [3.63, 3.8) is 0 Å². The van der Waals surface area contributed by atoms with E-state index in [1.54, 1.807) is 0 Å². The average Bonchev–Trinajstić information content (AvgIpc) is 3.20. The van der Waals surface area contributed by atoms with Crippen molar-refractivity contribution < 1.29 is 17.9 Å². The number of benzene rings is 2. The molecule has 2 aliphatic heterocycles. The third-order valence-electron chi connectivity index (χ3n) is 5.85. The average molecular weight is 429 g/mol. The monoisotopic (exact) mass is 428 g/mol. The second kappa shape index (κ2) is 8.38. The molecule has 2 aromatic rings. The Kier molecular flexibility index (Phi) is 5.83. The fourth-order valence-corrected chi connectivity index (χ4v) is 6.06. The number of hydrogen-bond donors (Lipinski definition) is 2. The third kappa shape index (κ3) is 3.71. The minimum absolute atomic E-state index is 0.0587. The molecule has 0 aliphatic carbocycles. The number of nitrogens with one attached hydrogen (secondary N) is 1. The Bertz CT molecular complexity index is 1090. The zero-order valence-electron chi connectivity index (χ0n) is 16.8. The van der Waals surface area contributed by atoms with Crippen LogP contribution in [0, 0.1) is 23.6 Å². The van der Waals surface area contributed by atoms with Gasteiger partial charge < -0.3 is 10.4 Å². The van der Waals surface area contributed by atoms with Crippen molar-refractivity contribution in [1.29, 1.82) is 0 Å². The van der Waals surface area contributed by atoms with Crippen LogP contribution >= 0.6 is 0 Å². The summed E-state index contributed by atoms with van der Waals surface area (Å²) >= 11 is 0. The largest absolute Gasteiger partial charge is 0.394 e. The first-order chi connectivity index (χ1) is 14.5. The summed E-state index contributed by atoms with van der Waals surface area (Å²) in [5.74, 6) is 5.75. The summed E-state index contributed by atoms with van der Waals surface area (Å²) < 4.78 is 41.6. The van der Waals surface area contributed by atoms with E-state index in [1.165, 1.54) is 16.4 Å². The number of aliphatic hydroxyl groups excluding tert-OH is 1. The molecule has 3 atom stereocenters. The van der Waals surface area contributed by atoms with E-state index in [2.05, 4.69) is 24.1 Å². The Hall–Kier alpha value is -2.40. The molecule has 0 unspecified atom stereocenters. The van der Waals surface area contributed by atoms with Gasteiger partial charge in [-0.3, -0.25) is 0 Å². The van der Waals surface area contributed by atoms with Crippen LogP contribution in [0.25, 0.3) is 0 Å². The summed E-state index contributed by atoms with van der Waals surface area (Å²) in [4.78, 5) is 0.0732. The highest BCUT2D eigenvalue weighted by atomic mass is 32.2. The fourth-order valence-electron chi connectivity index (χ4n) is 4.40. The second-order valence-corrected chi connectivity index (χ2v) is 9.64. The van der Waals surface area contributed by atoms with Crippen LogP contribution in [0.4, 0.5) is 10.1 Å². The van der Waals surface area contributed by atoms with Gasteiger partial charge in [0.1, 0.15) is 5.82 Å². The number of unbranched alkanes of at least 4 members (excludes halogenated alkanes) is 1. The number of anilines is 1. The molecule has 0 radical (unpaired) electrons. The first-order valence-electron chi connectivity index (χ1n) is 10.2. The summed E-state index contributed by atoms with van der Waals surface area (Å²) in [6, 6.07) is 10.1. The van der Waals surface area contributed by atoms with Gasteiger partial charge in [0.25, 0.3) is 0 Å². The standard InChI is InChI=1S/C23H25FN2O3S/c1-2-3-4-5-16-6-11-21-20(14-16)23-19(22(15-27)25-21)12-13-26(23)30(28,29)18-9-7-17(24)8-10-18/h6-11,14,19,22-23,25,27H,2-3,12-13,15H2,1H3/t19-,22-,23-/m1/s1. The van der Waals surface area contributed by atoms with E-state index in [1.807, 2.05) is 18.2 Å². The molecule has 0 saturated carbocycles. The highest BCUT2D eigenvalue weighted by Crippen LogP contribution is 2.48. The van der Waals surface area contributed by atoms with E-state index >= 15 is 0 Å². The van der Waals surface area contributed by atoms with Crippen molar-refractivity contribution in [1.82, 2.24) is 4.31 Å². The number of fused-ring (bicyclic) bond motifs is 3. The third-order valence-corrected chi connectivity index (χ3v) is 7.75. The SMILES string of the molecule is CCCC#Cc1ccc2c(c1)[C@H]1[C@H](CCN1S(=O)(=O)c1ccc(F)cc1)[C@@H](CO)N2. The Balaban J connectivity index is 1.77. The minimum Gasteiger partial charge on any atom is -0.394 e. The molecule has 2 heterocycles. The van der Waals surface area contributed by atoms with Crippen LogP contribution < -0.4 is 5.32 Å². The van der Waals surface area contributed by atoms with Crippen LogP contribution in [0.15, 0.2) is 47.4 Å². The summed E-state index contributed by atoms with van der Waals surface area (Å²) in [7, 11) is -3.81. The molecule has 0 amide bonds. The highest BCUT2D eigenvalue weighted by Gasteiger charge is 2.48. The topological polar surface area (TPSA) is 69.6 Å². The van der Waals surface area contributed by atoms with Gasteiger partial charge in [-0.05, 0) is 60.9 Å².